The first-order valence-electron chi connectivity index (χ1n) is 5.19. The van der Waals surface area contributed by atoms with Gasteiger partial charge in [0.15, 0.2) is 0 Å². The van der Waals surface area contributed by atoms with E-state index in [1.165, 1.54) is 11.3 Å². The predicted octanol–water partition coefficient (Wildman–Crippen LogP) is 1.56. The number of carbonyl (C=O) groups is 2. The Balaban J connectivity index is 2.88. The molecular weight excluding hydrogens is 240 g/mol. The second kappa shape index (κ2) is 4.83. The number of aliphatic carboxylic acids is 1. The van der Waals surface area contributed by atoms with Crippen LogP contribution < -0.4 is 5.32 Å². The molecule has 0 aliphatic rings. The van der Waals surface area contributed by atoms with Crippen molar-refractivity contribution in [1.29, 1.82) is 0 Å². The molecule has 0 atom stereocenters. The maximum absolute atomic E-state index is 11.7. The fourth-order valence-corrected chi connectivity index (χ4v) is 2.20. The van der Waals surface area contributed by atoms with Crippen LogP contribution in [-0.2, 0) is 10.2 Å². The topological polar surface area (TPSA) is 79.3 Å². The van der Waals surface area contributed by atoms with Crippen LogP contribution in [0.15, 0.2) is 0 Å². The van der Waals surface area contributed by atoms with Gasteiger partial charge in [0, 0.05) is 5.41 Å². The van der Waals surface area contributed by atoms with Gasteiger partial charge in [-0.3, -0.25) is 9.59 Å². The van der Waals surface area contributed by atoms with E-state index in [4.69, 9.17) is 5.11 Å². The molecule has 0 spiro atoms. The molecule has 1 aromatic heterocycles. The quantitative estimate of drug-likeness (QED) is 0.860. The van der Waals surface area contributed by atoms with Gasteiger partial charge in [0.05, 0.1) is 10.7 Å². The molecule has 0 radical (unpaired) electrons. The van der Waals surface area contributed by atoms with Gasteiger partial charge in [-0.15, -0.1) is 11.3 Å². The van der Waals surface area contributed by atoms with E-state index in [0.29, 0.717) is 10.6 Å². The highest BCUT2D eigenvalue weighted by molar-refractivity contribution is 7.14. The average Bonchev–Trinajstić information content (AvgIpc) is 2.56. The molecule has 0 aliphatic heterocycles. The van der Waals surface area contributed by atoms with Crippen molar-refractivity contribution in [3.63, 3.8) is 0 Å². The highest BCUT2D eigenvalue weighted by Gasteiger charge is 2.23. The number of amides is 1. The third kappa shape index (κ3) is 3.52. The first-order valence-corrected chi connectivity index (χ1v) is 6.01. The molecule has 17 heavy (non-hydrogen) atoms. The lowest BCUT2D eigenvalue weighted by Gasteiger charge is -2.13. The summed E-state index contributed by atoms with van der Waals surface area (Å²) in [6.45, 7) is 7.43. The van der Waals surface area contributed by atoms with E-state index in [2.05, 4.69) is 10.3 Å². The Morgan fingerprint density at radius 3 is 2.41 bits per heavy atom. The summed E-state index contributed by atoms with van der Waals surface area (Å²) in [6.07, 6.45) is 0. The van der Waals surface area contributed by atoms with Crippen LogP contribution in [0.3, 0.4) is 0 Å². The number of carboxylic acid groups (broad SMARTS) is 1. The van der Waals surface area contributed by atoms with Crippen LogP contribution in [0.4, 0.5) is 0 Å². The SMILES string of the molecule is Cc1nc(C(C)(C)C)sc1C(=O)NCC(=O)O. The van der Waals surface area contributed by atoms with Gasteiger partial charge in [0.25, 0.3) is 5.91 Å². The molecule has 2 N–H and O–H groups in total. The molecular formula is C11H16N2O3S. The highest BCUT2D eigenvalue weighted by atomic mass is 32.1. The van der Waals surface area contributed by atoms with E-state index < -0.39 is 5.97 Å². The van der Waals surface area contributed by atoms with Gasteiger partial charge in [-0.1, -0.05) is 20.8 Å². The van der Waals surface area contributed by atoms with E-state index in [-0.39, 0.29) is 17.9 Å². The number of nitrogens with one attached hydrogen (secondary N) is 1. The Kier molecular flexibility index (Phi) is 3.87. The molecule has 0 aromatic carbocycles. The third-order valence-electron chi connectivity index (χ3n) is 2.04. The molecule has 1 amide bonds. The van der Waals surface area contributed by atoms with Crippen molar-refractivity contribution in [2.75, 3.05) is 6.54 Å². The van der Waals surface area contributed by atoms with Crippen LogP contribution in [0.1, 0.15) is 41.1 Å². The van der Waals surface area contributed by atoms with Gasteiger partial charge in [-0.05, 0) is 6.92 Å². The Labute approximate surface area is 104 Å². The monoisotopic (exact) mass is 256 g/mol. The minimum Gasteiger partial charge on any atom is -0.480 e. The molecule has 0 fully saturated rings. The summed E-state index contributed by atoms with van der Waals surface area (Å²) in [7, 11) is 0. The standard InChI is InChI=1S/C11H16N2O3S/c1-6-8(9(16)12-5-7(14)15)17-10(13-6)11(2,3)4/h5H2,1-4H3,(H,12,16)(H,14,15). The number of hydrogen-bond donors (Lipinski definition) is 2. The Bertz CT molecular complexity index is 446. The van der Waals surface area contributed by atoms with E-state index in [1.54, 1.807) is 6.92 Å². The van der Waals surface area contributed by atoms with Crippen molar-refractivity contribution in [1.82, 2.24) is 10.3 Å². The van der Waals surface area contributed by atoms with Gasteiger partial charge < -0.3 is 10.4 Å². The Morgan fingerprint density at radius 1 is 1.41 bits per heavy atom. The fraction of sp³-hybridized carbons (Fsp3) is 0.545. The third-order valence-corrected chi connectivity index (χ3v) is 3.63. The molecule has 5 nitrogen and oxygen atoms in total. The van der Waals surface area contributed by atoms with Crippen LogP contribution in [0.2, 0.25) is 0 Å². The van der Waals surface area contributed by atoms with Crippen LogP contribution in [-0.4, -0.2) is 28.5 Å². The number of aryl methyl sites for hydroxylation is 1. The Hall–Kier alpha value is -1.43. The molecule has 0 aliphatic carbocycles. The number of aromatic nitrogens is 1. The zero-order chi connectivity index (χ0) is 13.2. The molecule has 0 bridgehead atoms. The Morgan fingerprint density at radius 2 is 2.00 bits per heavy atom. The normalized spacial score (nSPS) is 11.3. The molecule has 1 aromatic rings. The maximum Gasteiger partial charge on any atom is 0.322 e. The van der Waals surface area contributed by atoms with Crippen molar-refractivity contribution < 1.29 is 14.7 Å². The first-order chi connectivity index (χ1) is 7.71. The molecule has 1 heterocycles. The number of rotatable bonds is 3. The number of hydrogen-bond acceptors (Lipinski definition) is 4. The molecule has 1 rings (SSSR count). The summed E-state index contributed by atoms with van der Waals surface area (Å²) in [5, 5.41) is 11.7. The molecule has 94 valence electrons. The van der Waals surface area contributed by atoms with Gasteiger partial charge in [0.2, 0.25) is 0 Å². The van der Waals surface area contributed by atoms with Gasteiger partial charge >= 0.3 is 5.97 Å². The summed E-state index contributed by atoms with van der Waals surface area (Å²) in [6, 6.07) is 0. The fourth-order valence-electron chi connectivity index (χ4n) is 1.16. The number of thiazole rings is 1. The average molecular weight is 256 g/mol. The van der Waals surface area contributed by atoms with Gasteiger partial charge in [0.1, 0.15) is 11.4 Å². The van der Waals surface area contributed by atoms with E-state index in [1.807, 2.05) is 20.8 Å². The van der Waals surface area contributed by atoms with Crippen molar-refractivity contribution in [3.05, 3.63) is 15.6 Å². The first kappa shape index (κ1) is 13.6. The number of carbonyl (C=O) groups excluding carboxylic acids is 1. The van der Waals surface area contributed by atoms with E-state index >= 15 is 0 Å². The second-order valence-electron chi connectivity index (χ2n) is 4.76. The smallest absolute Gasteiger partial charge is 0.322 e. The van der Waals surface area contributed by atoms with Crippen LogP contribution in [0, 0.1) is 6.92 Å². The van der Waals surface area contributed by atoms with Gasteiger partial charge in [-0.25, -0.2) is 4.98 Å². The summed E-state index contributed by atoms with van der Waals surface area (Å²) < 4.78 is 0. The molecule has 6 heteroatoms. The van der Waals surface area contributed by atoms with Crippen LogP contribution in [0.25, 0.3) is 0 Å². The lowest BCUT2D eigenvalue weighted by Crippen LogP contribution is -2.29. The summed E-state index contributed by atoms with van der Waals surface area (Å²) in [4.78, 5) is 26.9. The highest BCUT2D eigenvalue weighted by Crippen LogP contribution is 2.28. The minimum absolute atomic E-state index is 0.110. The van der Waals surface area contributed by atoms with Crippen molar-refractivity contribution >= 4 is 23.2 Å². The summed E-state index contributed by atoms with van der Waals surface area (Å²) >= 11 is 1.31. The predicted molar refractivity (Wildman–Crippen MR) is 65.5 cm³/mol. The summed E-state index contributed by atoms with van der Waals surface area (Å²) in [5.41, 5.74) is 0.531. The van der Waals surface area contributed by atoms with Crippen molar-refractivity contribution in [3.8, 4) is 0 Å². The van der Waals surface area contributed by atoms with Crippen LogP contribution in [0.5, 0.6) is 0 Å². The minimum atomic E-state index is -1.06. The van der Waals surface area contributed by atoms with Crippen LogP contribution >= 0.6 is 11.3 Å². The van der Waals surface area contributed by atoms with E-state index in [9.17, 15) is 9.59 Å². The van der Waals surface area contributed by atoms with Gasteiger partial charge in [-0.2, -0.15) is 0 Å². The van der Waals surface area contributed by atoms with E-state index in [0.717, 1.165) is 5.01 Å². The summed E-state index contributed by atoms with van der Waals surface area (Å²) in [5.74, 6) is -1.44. The molecule has 0 saturated carbocycles. The second-order valence-corrected chi connectivity index (χ2v) is 5.76. The largest absolute Gasteiger partial charge is 0.480 e. The lowest BCUT2D eigenvalue weighted by molar-refractivity contribution is -0.135. The zero-order valence-electron chi connectivity index (χ0n) is 10.3. The van der Waals surface area contributed by atoms with Crippen molar-refractivity contribution in [2.24, 2.45) is 0 Å². The maximum atomic E-state index is 11.7. The van der Waals surface area contributed by atoms with Crippen molar-refractivity contribution in [2.45, 2.75) is 33.1 Å². The number of nitrogens with zero attached hydrogens (tertiary/aromatic N) is 1. The number of carboxylic acids is 1. The zero-order valence-corrected chi connectivity index (χ0v) is 11.1. The molecule has 0 saturated heterocycles. The lowest BCUT2D eigenvalue weighted by atomic mass is 9.98. The molecule has 0 unspecified atom stereocenters.